The van der Waals surface area contributed by atoms with E-state index >= 15 is 0 Å². The van der Waals surface area contributed by atoms with E-state index in [1.807, 2.05) is 0 Å². The number of aromatic carboxylic acids is 1. The minimum absolute atomic E-state index is 0.155. The fourth-order valence-electron chi connectivity index (χ4n) is 0.899. The summed E-state index contributed by atoms with van der Waals surface area (Å²) in [4.78, 5) is 25.7. The van der Waals surface area contributed by atoms with Crippen molar-refractivity contribution in [3.63, 3.8) is 0 Å². The quantitative estimate of drug-likeness (QED) is 0.528. The summed E-state index contributed by atoms with van der Waals surface area (Å²) in [6.45, 7) is 1.66. The maximum Gasteiger partial charge on any atom is 0.396 e. The monoisotopic (exact) mass is 185 g/mol. The van der Waals surface area contributed by atoms with Gasteiger partial charge in [-0.2, -0.15) is 4.98 Å². The summed E-state index contributed by atoms with van der Waals surface area (Å²) in [6, 6.07) is 0. The number of nitro groups is 1. The summed E-state index contributed by atoms with van der Waals surface area (Å²) in [5.41, 5.74) is 0.155. The van der Waals surface area contributed by atoms with Gasteiger partial charge in [0.05, 0.1) is 0 Å². The third-order valence-corrected chi connectivity index (χ3v) is 1.48. The molecule has 7 nitrogen and oxygen atoms in total. The van der Waals surface area contributed by atoms with E-state index in [-0.39, 0.29) is 11.5 Å². The minimum Gasteiger partial charge on any atom is -0.474 e. The topological polar surface area (TPSA) is 109 Å². The summed E-state index contributed by atoms with van der Waals surface area (Å²) in [6.07, 6.45) is 0.320. The van der Waals surface area contributed by atoms with Crippen molar-refractivity contribution in [2.45, 2.75) is 13.3 Å². The van der Waals surface area contributed by atoms with E-state index in [4.69, 9.17) is 5.11 Å². The molecule has 0 fully saturated rings. The second-order valence-electron chi connectivity index (χ2n) is 2.30. The van der Waals surface area contributed by atoms with E-state index in [2.05, 4.69) is 9.97 Å². The van der Waals surface area contributed by atoms with Gasteiger partial charge in [-0.15, -0.1) is 0 Å². The van der Waals surface area contributed by atoms with Crippen LogP contribution in [0.4, 0.5) is 5.82 Å². The Morgan fingerprint density at radius 3 is 2.69 bits per heavy atom. The molecule has 13 heavy (non-hydrogen) atoms. The molecular weight excluding hydrogens is 178 g/mol. The van der Waals surface area contributed by atoms with Crippen molar-refractivity contribution >= 4 is 11.8 Å². The van der Waals surface area contributed by atoms with Gasteiger partial charge in [0.25, 0.3) is 0 Å². The van der Waals surface area contributed by atoms with Gasteiger partial charge in [0.15, 0.2) is 0 Å². The number of imidazole rings is 1. The summed E-state index contributed by atoms with van der Waals surface area (Å²) >= 11 is 0. The molecule has 1 heterocycles. The zero-order valence-corrected chi connectivity index (χ0v) is 6.77. The van der Waals surface area contributed by atoms with Crippen LogP contribution in [0.15, 0.2) is 0 Å². The number of carboxylic acids is 1. The molecule has 0 amide bonds. The molecule has 0 aliphatic carbocycles. The average Bonchev–Trinajstić information content (AvgIpc) is 2.47. The second-order valence-corrected chi connectivity index (χ2v) is 2.30. The predicted octanol–water partition coefficient (Wildman–Crippen LogP) is 0.578. The Balaban J connectivity index is 3.19. The van der Waals surface area contributed by atoms with Crippen molar-refractivity contribution in [1.82, 2.24) is 9.97 Å². The molecule has 0 atom stereocenters. The number of H-pyrrole nitrogens is 1. The zero-order chi connectivity index (χ0) is 10.0. The van der Waals surface area contributed by atoms with Crippen molar-refractivity contribution < 1.29 is 14.8 Å². The number of carboxylic acid groups (broad SMARTS) is 1. The third kappa shape index (κ3) is 1.63. The predicted molar refractivity (Wildman–Crippen MR) is 41.6 cm³/mol. The number of aromatic amines is 1. The molecule has 0 saturated carbocycles. The van der Waals surface area contributed by atoms with Crippen molar-refractivity contribution in [3.05, 3.63) is 21.6 Å². The van der Waals surface area contributed by atoms with E-state index in [0.717, 1.165) is 0 Å². The molecule has 0 unspecified atom stereocenters. The standard InChI is InChI=1S/C6H7N3O4/c1-2-3-5(9(12)13)8-4(7-3)6(10)11/h2H2,1H3,(H,7,8)(H,10,11). The number of rotatable bonds is 3. The summed E-state index contributed by atoms with van der Waals surface area (Å²) < 4.78 is 0. The van der Waals surface area contributed by atoms with Gasteiger partial charge in [-0.05, 0) is 11.3 Å². The first-order valence-electron chi connectivity index (χ1n) is 3.52. The van der Waals surface area contributed by atoms with E-state index < -0.39 is 16.7 Å². The lowest BCUT2D eigenvalue weighted by Gasteiger charge is -1.90. The molecule has 1 aromatic rings. The Kier molecular flexibility index (Phi) is 2.27. The number of nitrogens with zero attached hydrogens (tertiary/aromatic N) is 2. The van der Waals surface area contributed by atoms with Crippen molar-refractivity contribution in [2.24, 2.45) is 0 Å². The average molecular weight is 185 g/mol. The molecule has 70 valence electrons. The first kappa shape index (κ1) is 9.17. The highest BCUT2D eigenvalue weighted by Crippen LogP contribution is 2.15. The van der Waals surface area contributed by atoms with Crippen LogP contribution in [0, 0.1) is 10.1 Å². The summed E-state index contributed by atoms with van der Waals surface area (Å²) in [7, 11) is 0. The Labute approximate surface area is 72.6 Å². The van der Waals surface area contributed by atoms with E-state index in [1.54, 1.807) is 6.92 Å². The molecule has 0 radical (unpaired) electrons. The largest absolute Gasteiger partial charge is 0.474 e. The summed E-state index contributed by atoms with van der Waals surface area (Å²) in [5, 5.41) is 18.8. The lowest BCUT2D eigenvalue weighted by molar-refractivity contribution is -0.390. The highest BCUT2D eigenvalue weighted by atomic mass is 16.6. The number of hydrogen-bond donors (Lipinski definition) is 2. The summed E-state index contributed by atoms with van der Waals surface area (Å²) in [5.74, 6) is -2.05. The second kappa shape index (κ2) is 3.21. The molecule has 1 aromatic heterocycles. The smallest absolute Gasteiger partial charge is 0.396 e. The molecule has 0 bridgehead atoms. The third-order valence-electron chi connectivity index (χ3n) is 1.48. The first-order valence-corrected chi connectivity index (χ1v) is 3.52. The van der Waals surface area contributed by atoms with Crippen LogP contribution >= 0.6 is 0 Å². The zero-order valence-electron chi connectivity index (χ0n) is 6.77. The molecule has 0 saturated heterocycles. The Bertz CT molecular complexity index is 357. The Morgan fingerprint density at radius 1 is 1.77 bits per heavy atom. The fourth-order valence-corrected chi connectivity index (χ4v) is 0.899. The number of carbonyl (C=O) groups is 1. The number of aromatic nitrogens is 2. The first-order chi connectivity index (χ1) is 6.06. The van der Waals surface area contributed by atoms with Crippen LogP contribution in [0.3, 0.4) is 0 Å². The maximum atomic E-state index is 10.4. The number of nitrogens with one attached hydrogen (secondary N) is 1. The van der Waals surface area contributed by atoms with Gasteiger partial charge in [-0.25, -0.2) is 9.78 Å². The lowest BCUT2D eigenvalue weighted by atomic mass is 10.3. The van der Waals surface area contributed by atoms with Crippen molar-refractivity contribution in [1.29, 1.82) is 0 Å². The molecule has 0 aliphatic rings. The van der Waals surface area contributed by atoms with Gasteiger partial charge >= 0.3 is 17.6 Å². The molecule has 7 heteroatoms. The van der Waals surface area contributed by atoms with Crippen LogP contribution in [0.2, 0.25) is 0 Å². The van der Waals surface area contributed by atoms with Crippen LogP contribution in [-0.2, 0) is 6.42 Å². The van der Waals surface area contributed by atoms with Gasteiger partial charge in [0.1, 0.15) is 5.69 Å². The van der Waals surface area contributed by atoms with Crippen LogP contribution in [0.5, 0.6) is 0 Å². The van der Waals surface area contributed by atoms with Crippen LogP contribution in [0.25, 0.3) is 0 Å². The minimum atomic E-state index is -1.30. The molecule has 0 aromatic carbocycles. The van der Waals surface area contributed by atoms with E-state index in [1.165, 1.54) is 0 Å². The van der Waals surface area contributed by atoms with Crippen LogP contribution in [0.1, 0.15) is 23.2 Å². The van der Waals surface area contributed by atoms with Crippen molar-refractivity contribution in [2.75, 3.05) is 0 Å². The molecule has 0 aliphatic heterocycles. The SMILES string of the molecule is CCc1nc(C(=O)O)[nH]c1[N+](=O)[O-]. The highest BCUT2D eigenvalue weighted by Gasteiger charge is 2.22. The van der Waals surface area contributed by atoms with E-state index in [0.29, 0.717) is 6.42 Å². The van der Waals surface area contributed by atoms with Gasteiger partial charge in [-0.1, -0.05) is 6.92 Å². The van der Waals surface area contributed by atoms with Crippen LogP contribution in [-0.4, -0.2) is 26.0 Å². The van der Waals surface area contributed by atoms with Gasteiger partial charge in [-0.3, -0.25) is 0 Å². The number of hydrogen-bond acceptors (Lipinski definition) is 4. The van der Waals surface area contributed by atoms with Crippen LogP contribution < -0.4 is 0 Å². The maximum absolute atomic E-state index is 10.4. The number of aryl methyl sites for hydroxylation is 1. The van der Waals surface area contributed by atoms with Gasteiger partial charge in [0, 0.05) is 0 Å². The highest BCUT2D eigenvalue weighted by molar-refractivity contribution is 5.83. The normalized spacial score (nSPS) is 9.92. The fraction of sp³-hybridized carbons (Fsp3) is 0.333. The molecular formula is C6H7N3O4. The van der Waals surface area contributed by atoms with Gasteiger partial charge < -0.3 is 15.2 Å². The lowest BCUT2D eigenvalue weighted by Crippen LogP contribution is -1.98. The Morgan fingerprint density at radius 2 is 2.38 bits per heavy atom. The van der Waals surface area contributed by atoms with Gasteiger partial charge in [0.2, 0.25) is 0 Å². The van der Waals surface area contributed by atoms with E-state index in [9.17, 15) is 14.9 Å². The van der Waals surface area contributed by atoms with Crippen molar-refractivity contribution in [3.8, 4) is 0 Å². The molecule has 1 rings (SSSR count). The molecule has 2 N–H and O–H groups in total. The molecule has 0 spiro atoms. The Hall–Kier alpha value is -1.92.